The summed E-state index contributed by atoms with van der Waals surface area (Å²) in [6.45, 7) is -0.385. The Labute approximate surface area is 191 Å². The molecule has 8 heteroatoms. The number of nitrogens with one attached hydrogen (secondary N) is 1. The van der Waals surface area contributed by atoms with Crippen molar-refractivity contribution in [2.24, 2.45) is 0 Å². The molecule has 1 aromatic heterocycles. The molecule has 0 bridgehead atoms. The summed E-state index contributed by atoms with van der Waals surface area (Å²) in [5.74, 6) is -0.444. The van der Waals surface area contributed by atoms with Crippen molar-refractivity contribution in [3.05, 3.63) is 108 Å². The molecular weight excluding hydrogens is 442 g/mol. The van der Waals surface area contributed by atoms with Crippen LogP contribution in [0.25, 0.3) is 0 Å². The first-order chi connectivity index (χ1) is 15.5. The molecule has 0 atom stereocenters. The molecule has 3 aromatic carbocycles. The van der Waals surface area contributed by atoms with Gasteiger partial charge in [-0.3, -0.25) is 4.79 Å². The number of carbonyl (C=O) groups excluding carboxylic acids is 1. The minimum atomic E-state index is -3.95. The lowest BCUT2D eigenvalue weighted by Crippen LogP contribution is -2.38. The summed E-state index contributed by atoms with van der Waals surface area (Å²) >= 11 is 1.16. The molecule has 162 valence electrons. The second-order valence-electron chi connectivity index (χ2n) is 7.01. The van der Waals surface area contributed by atoms with Gasteiger partial charge in [0.2, 0.25) is 5.91 Å². The normalized spacial score (nSPS) is 11.1. The number of sulfonamides is 1. The van der Waals surface area contributed by atoms with Crippen LogP contribution in [0.1, 0.15) is 11.1 Å². The maximum Gasteiger partial charge on any atom is 0.266 e. The highest BCUT2D eigenvalue weighted by Crippen LogP contribution is 2.26. The van der Waals surface area contributed by atoms with Crippen molar-refractivity contribution in [2.45, 2.75) is 11.3 Å². The van der Waals surface area contributed by atoms with Crippen LogP contribution in [0.15, 0.2) is 101 Å². The van der Waals surface area contributed by atoms with Crippen molar-refractivity contribution in [1.82, 2.24) is 4.98 Å². The fraction of sp³-hybridized carbons (Fsp3) is 0.0833. The number of para-hydroxylation sites is 1. The molecule has 0 aliphatic rings. The standard InChI is InChI=1S/C24H21N3O3S2/c28-23(26-22-14-8-7-11-20(22)17-19-9-3-1-4-10-19)18-27(24-25-15-16-31-24)32(29,30)21-12-5-2-6-13-21/h1-16H,17-18H2,(H,26,28). The number of carbonyl (C=O) groups is 1. The van der Waals surface area contributed by atoms with Gasteiger partial charge in [-0.05, 0) is 35.7 Å². The molecule has 0 saturated heterocycles. The lowest BCUT2D eigenvalue weighted by Gasteiger charge is -2.21. The molecule has 0 aliphatic carbocycles. The molecule has 1 heterocycles. The summed E-state index contributed by atoms with van der Waals surface area (Å²) in [5, 5.41) is 4.79. The number of nitrogens with zero attached hydrogens (tertiary/aromatic N) is 2. The molecule has 4 aromatic rings. The molecule has 0 saturated carbocycles. The number of aromatic nitrogens is 1. The zero-order chi connectivity index (χ0) is 22.4. The van der Waals surface area contributed by atoms with Crippen molar-refractivity contribution in [2.75, 3.05) is 16.2 Å². The lowest BCUT2D eigenvalue weighted by molar-refractivity contribution is -0.114. The first kappa shape index (κ1) is 21.7. The van der Waals surface area contributed by atoms with Crippen LogP contribution in [0.5, 0.6) is 0 Å². The van der Waals surface area contributed by atoms with Gasteiger partial charge in [0.15, 0.2) is 5.13 Å². The third kappa shape index (κ3) is 5.04. The van der Waals surface area contributed by atoms with Crippen molar-refractivity contribution in [1.29, 1.82) is 0 Å². The van der Waals surface area contributed by atoms with E-state index < -0.39 is 15.9 Å². The highest BCUT2D eigenvalue weighted by atomic mass is 32.2. The van der Waals surface area contributed by atoms with E-state index >= 15 is 0 Å². The number of hydrogen-bond acceptors (Lipinski definition) is 5. The molecule has 6 nitrogen and oxygen atoms in total. The first-order valence-electron chi connectivity index (χ1n) is 9.93. The summed E-state index contributed by atoms with van der Waals surface area (Å²) in [6, 6.07) is 25.5. The van der Waals surface area contributed by atoms with Gasteiger partial charge in [0.1, 0.15) is 6.54 Å². The van der Waals surface area contributed by atoms with Gasteiger partial charge in [0, 0.05) is 17.3 Å². The van der Waals surface area contributed by atoms with E-state index in [0.29, 0.717) is 12.1 Å². The first-order valence-corrected chi connectivity index (χ1v) is 12.2. The van der Waals surface area contributed by atoms with Crippen molar-refractivity contribution in [3.8, 4) is 0 Å². The van der Waals surface area contributed by atoms with Crippen molar-refractivity contribution < 1.29 is 13.2 Å². The molecule has 1 N–H and O–H groups in total. The molecule has 0 radical (unpaired) electrons. The predicted molar refractivity (Wildman–Crippen MR) is 127 cm³/mol. The minimum absolute atomic E-state index is 0.104. The Balaban J connectivity index is 1.57. The summed E-state index contributed by atoms with van der Waals surface area (Å²) in [5.41, 5.74) is 2.71. The van der Waals surface area contributed by atoms with E-state index in [1.807, 2.05) is 54.6 Å². The smallest absolute Gasteiger partial charge is 0.266 e. The Morgan fingerprint density at radius 1 is 0.906 bits per heavy atom. The van der Waals surface area contributed by atoms with Crippen LogP contribution >= 0.6 is 11.3 Å². The summed E-state index contributed by atoms with van der Waals surface area (Å²) in [7, 11) is -3.95. The molecular formula is C24H21N3O3S2. The molecule has 0 aliphatic heterocycles. The highest BCUT2D eigenvalue weighted by molar-refractivity contribution is 7.93. The van der Waals surface area contributed by atoms with Crippen LogP contribution in [0, 0.1) is 0 Å². The van der Waals surface area contributed by atoms with Crippen molar-refractivity contribution >= 4 is 38.1 Å². The number of rotatable bonds is 8. The number of anilines is 2. The highest BCUT2D eigenvalue weighted by Gasteiger charge is 2.29. The number of amides is 1. The van der Waals surface area contributed by atoms with Gasteiger partial charge in [-0.2, -0.15) is 0 Å². The Kier molecular flexibility index (Phi) is 6.63. The van der Waals surface area contributed by atoms with Gasteiger partial charge in [-0.25, -0.2) is 17.7 Å². The molecule has 32 heavy (non-hydrogen) atoms. The monoisotopic (exact) mass is 463 g/mol. The average molecular weight is 464 g/mol. The topological polar surface area (TPSA) is 79.4 Å². The van der Waals surface area contributed by atoms with E-state index in [1.54, 1.807) is 23.6 Å². The van der Waals surface area contributed by atoms with E-state index in [2.05, 4.69) is 10.3 Å². The van der Waals surface area contributed by atoms with Crippen molar-refractivity contribution in [3.63, 3.8) is 0 Å². The van der Waals surface area contributed by atoms with Gasteiger partial charge in [-0.1, -0.05) is 66.7 Å². The lowest BCUT2D eigenvalue weighted by atomic mass is 10.0. The van der Waals surface area contributed by atoms with Crippen LogP contribution in [0.4, 0.5) is 10.8 Å². The Bertz CT molecular complexity index is 1280. The maximum atomic E-state index is 13.2. The van der Waals surface area contributed by atoms with Crippen LogP contribution in [0.3, 0.4) is 0 Å². The molecule has 1 amide bonds. The number of thiazole rings is 1. The fourth-order valence-corrected chi connectivity index (χ4v) is 5.51. The van der Waals surface area contributed by atoms with Crippen LogP contribution in [-0.4, -0.2) is 25.9 Å². The molecule has 0 spiro atoms. The summed E-state index contributed by atoms with van der Waals surface area (Å²) in [6.07, 6.45) is 2.16. The van der Waals surface area contributed by atoms with Gasteiger partial charge in [-0.15, -0.1) is 11.3 Å². The van der Waals surface area contributed by atoms with Gasteiger partial charge in [0.25, 0.3) is 10.0 Å². The average Bonchev–Trinajstić information content (AvgIpc) is 3.34. The van der Waals surface area contributed by atoms with Crippen LogP contribution in [0.2, 0.25) is 0 Å². The van der Waals surface area contributed by atoms with Gasteiger partial charge in [0.05, 0.1) is 4.90 Å². The largest absolute Gasteiger partial charge is 0.324 e. The zero-order valence-corrected chi connectivity index (χ0v) is 18.7. The van der Waals surface area contributed by atoms with E-state index in [-0.39, 0.29) is 16.6 Å². The van der Waals surface area contributed by atoms with Gasteiger partial charge < -0.3 is 5.32 Å². The second-order valence-corrected chi connectivity index (χ2v) is 9.74. The number of hydrogen-bond donors (Lipinski definition) is 1. The Morgan fingerprint density at radius 3 is 2.25 bits per heavy atom. The second kappa shape index (κ2) is 9.76. The van der Waals surface area contributed by atoms with E-state index in [0.717, 1.165) is 26.8 Å². The number of benzene rings is 3. The summed E-state index contributed by atoms with van der Waals surface area (Å²) in [4.78, 5) is 17.2. The predicted octanol–water partition coefficient (Wildman–Crippen LogP) is 4.57. The fourth-order valence-electron chi connectivity index (χ4n) is 3.25. The molecule has 0 fully saturated rings. The Morgan fingerprint density at radius 2 is 1.56 bits per heavy atom. The zero-order valence-electron chi connectivity index (χ0n) is 17.1. The third-order valence-electron chi connectivity index (χ3n) is 4.78. The SMILES string of the molecule is O=C(CN(c1nccs1)S(=O)(=O)c1ccccc1)Nc1ccccc1Cc1ccccc1. The summed E-state index contributed by atoms with van der Waals surface area (Å²) < 4.78 is 27.5. The van der Waals surface area contributed by atoms with Gasteiger partial charge >= 0.3 is 0 Å². The molecule has 4 rings (SSSR count). The van der Waals surface area contributed by atoms with E-state index in [9.17, 15) is 13.2 Å². The minimum Gasteiger partial charge on any atom is -0.324 e. The quantitative estimate of drug-likeness (QED) is 0.415. The van der Waals surface area contributed by atoms with E-state index in [4.69, 9.17) is 0 Å². The maximum absolute atomic E-state index is 13.2. The van der Waals surface area contributed by atoms with Crippen LogP contribution < -0.4 is 9.62 Å². The Hall–Kier alpha value is -3.49. The molecule has 0 unspecified atom stereocenters. The van der Waals surface area contributed by atoms with Crippen LogP contribution in [-0.2, 0) is 21.2 Å². The third-order valence-corrected chi connectivity index (χ3v) is 7.44. The van der Waals surface area contributed by atoms with E-state index in [1.165, 1.54) is 18.3 Å².